The molecule has 2 N–H and O–H groups in total. The highest BCUT2D eigenvalue weighted by Gasteiger charge is 2.42. The first-order valence-corrected chi connectivity index (χ1v) is 6.68. The van der Waals surface area contributed by atoms with Crippen molar-refractivity contribution in [2.75, 3.05) is 13.2 Å². The molecule has 1 unspecified atom stereocenters. The zero-order valence-corrected chi connectivity index (χ0v) is 11.2. The third-order valence-corrected chi connectivity index (χ3v) is 3.88. The fraction of sp³-hybridized carbons (Fsp3) is 0.533. The van der Waals surface area contributed by atoms with Crippen LogP contribution in [0.3, 0.4) is 0 Å². The second-order valence-corrected chi connectivity index (χ2v) is 5.56. The van der Waals surface area contributed by atoms with E-state index in [0.29, 0.717) is 12.1 Å². The van der Waals surface area contributed by atoms with Crippen LogP contribution in [-0.2, 0) is 4.79 Å². The molecule has 0 saturated heterocycles. The third-order valence-electron chi connectivity index (χ3n) is 3.88. The Morgan fingerprint density at radius 2 is 2.16 bits per heavy atom. The number of rotatable bonds is 6. The topological polar surface area (TPSA) is 49.3 Å². The lowest BCUT2D eigenvalue weighted by Gasteiger charge is -2.15. The number of carbonyl (C=O) groups is 1. The molecule has 0 radical (unpaired) electrons. The number of nitrogens with one attached hydrogen (secondary N) is 1. The first kappa shape index (κ1) is 14.0. The molecule has 0 aromatic heterocycles. The Morgan fingerprint density at radius 3 is 2.74 bits per heavy atom. The van der Waals surface area contributed by atoms with Gasteiger partial charge in [0.05, 0.1) is 6.61 Å². The predicted molar refractivity (Wildman–Crippen MR) is 71.2 cm³/mol. The van der Waals surface area contributed by atoms with Gasteiger partial charge in [-0.1, -0.05) is 25.1 Å². The van der Waals surface area contributed by atoms with Crippen molar-refractivity contribution in [2.45, 2.75) is 32.1 Å². The quantitative estimate of drug-likeness (QED) is 0.828. The van der Waals surface area contributed by atoms with E-state index in [4.69, 9.17) is 5.11 Å². The summed E-state index contributed by atoms with van der Waals surface area (Å²) in [5, 5.41) is 12.0. The maximum absolute atomic E-state index is 13.6. The van der Waals surface area contributed by atoms with Gasteiger partial charge in [0.2, 0.25) is 5.91 Å². The van der Waals surface area contributed by atoms with Crippen molar-refractivity contribution in [1.82, 2.24) is 5.32 Å². The van der Waals surface area contributed by atoms with Crippen LogP contribution >= 0.6 is 0 Å². The molecule has 1 aliphatic rings. The molecule has 104 valence electrons. The molecular weight excluding hydrogens is 245 g/mol. The Balaban J connectivity index is 1.83. The summed E-state index contributed by atoms with van der Waals surface area (Å²) in [6.07, 6.45) is 2.20. The molecule has 1 saturated carbocycles. The number of amides is 1. The Morgan fingerprint density at radius 1 is 1.47 bits per heavy atom. The minimum Gasteiger partial charge on any atom is -0.396 e. The van der Waals surface area contributed by atoms with Crippen molar-refractivity contribution >= 4 is 5.91 Å². The van der Waals surface area contributed by atoms with E-state index >= 15 is 0 Å². The average molecular weight is 265 g/mol. The normalized spacial score (nSPS) is 17.8. The zero-order chi connectivity index (χ0) is 13.9. The summed E-state index contributed by atoms with van der Waals surface area (Å²) in [6, 6.07) is 6.54. The van der Waals surface area contributed by atoms with Crippen molar-refractivity contribution in [2.24, 2.45) is 5.41 Å². The van der Waals surface area contributed by atoms with E-state index < -0.39 is 0 Å². The van der Waals surface area contributed by atoms with Crippen LogP contribution in [-0.4, -0.2) is 24.2 Å². The van der Waals surface area contributed by atoms with Gasteiger partial charge in [-0.3, -0.25) is 4.79 Å². The number of carbonyl (C=O) groups excluding carboxylic acids is 1. The molecule has 1 atom stereocenters. The fourth-order valence-electron chi connectivity index (χ4n) is 2.19. The van der Waals surface area contributed by atoms with E-state index in [-0.39, 0.29) is 36.1 Å². The van der Waals surface area contributed by atoms with Crippen LogP contribution in [0.4, 0.5) is 4.39 Å². The van der Waals surface area contributed by atoms with Crippen LogP contribution in [0.15, 0.2) is 24.3 Å². The van der Waals surface area contributed by atoms with Gasteiger partial charge in [0, 0.05) is 18.4 Å². The van der Waals surface area contributed by atoms with E-state index in [1.165, 1.54) is 6.07 Å². The predicted octanol–water partition coefficient (Wildman–Crippen LogP) is 2.21. The summed E-state index contributed by atoms with van der Waals surface area (Å²) in [5.41, 5.74) is 0.484. The van der Waals surface area contributed by atoms with Gasteiger partial charge in [-0.2, -0.15) is 0 Å². The molecule has 3 nitrogen and oxygen atoms in total. The molecular formula is C15H20FNO2. The fourth-order valence-corrected chi connectivity index (χ4v) is 2.19. The van der Waals surface area contributed by atoms with Crippen LogP contribution < -0.4 is 5.32 Å². The molecule has 0 bridgehead atoms. The van der Waals surface area contributed by atoms with Gasteiger partial charge < -0.3 is 10.4 Å². The third kappa shape index (κ3) is 3.53. The van der Waals surface area contributed by atoms with Crippen molar-refractivity contribution in [3.63, 3.8) is 0 Å². The number of aliphatic hydroxyl groups is 1. The largest absolute Gasteiger partial charge is 0.396 e. The molecule has 1 amide bonds. The van der Waals surface area contributed by atoms with Gasteiger partial charge in [0.15, 0.2) is 0 Å². The summed E-state index contributed by atoms with van der Waals surface area (Å²) >= 11 is 0. The Bertz CT molecular complexity index is 457. The lowest BCUT2D eigenvalue weighted by molar-refractivity contribution is -0.121. The second-order valence-electron chi connectivity index (χ2n) is 5.56. The lowest BCUT2D eigenvalue weighted by atomic mass is 9.97. The SMILES string of the molecule is CC(CC(=O)NCC1(CO)CC1)c1ccccc1F. The van der Waals surface area contributed by atoms with Crippen LogP contribution in [0.5, 0.6) is 0 Å². The summed E-state index contributed by atoms with van der Waals surface area (Å²) in [5.74, 6) is -0.502. The molecule has 1 aromatic rings. The number of aliphatic hydroxyl groups excluding tert-OH is 1. The Kier molecular flexibility index (Phi) is 4.20. The smallest absolute Gasteiger partial charge is 0.220 e. The summed E-state index contributed by atoms with van der Waals surface area (Å²) < 4.78 is 13.6. The highest BCUT2D eigenvalue weighted by molar-refractivity contribution is 5.76. The maximum Gasteiger partial charge on any atom is 0.220 e. The zero-order valence-electron chi connectivity index (χ0n) is 11.2. The number of halogens is 1. The molecule has 1 aliphatic carbocycles. The Hall–Kier alpha value is -1.42. The van der Waals surface area contributed by atoms with Crippen molar-refractivity contribution in [3.05, 3.63) is 35.6 Å². The van der Waals surface area contributed by atoms with Gasteiger partial charge in [-0.05, 0) is 30.4 Å². The van der Waals surface area contributed by atoms with Gasteiger partial charge in [0.1, 0.15) is 5.82 Å². The van der Waals surface area contributed by atoms with Gasteiger partial charge >= 0.3 is 0 Å². The minimum absolute atomic E-state index is 0.0864. The Labute approximate surface area is 112 Å². The molecule has 4 heteroatoms. The molecule has 2 rings (SSSR count). The first-order chi connectivity index (χ1) is 9.06. The average Bonchev–Trinajstić information content (AvgIpc) is 3.17. The van der Waals surface area contributed by atoms with Crippen molar-refractivity contribution in [1.29, 1.82) is 0 Å². The van der Waals surface area contributed by atoms with E-state index in [2.05, 4.69) is 5.32 Å². The molecule has 0 heterocycles. The maximum atomic E-state index is 13.6. The minimum atomic E-state index is -0.267. The van der Waals surface area contributed by atoms with E-state index in [9.17, 15) is 9.18 Å². The van der Waals surface area contributed by atoms with E-state index in [1.807, 2.05) is 6.92 Å². The van der Waals surface area contributed by atoms with E-state index in [1.54, 1.807) is 18.2 Å². The van der Waals surface area contributed by atoms with E-state index in [0.717, 1.165) is 12.8 Å². The van der Waals surface area contributed by atoms with Crippen LogP contribution in [0.25, 0.3) is 0 Å². The summed E-state index contributed by atoms with van der Waals surface area (Å²) in [4.78, 5) is 11.8. The van der Waals surface area contributed by atoms with Crippen molar-refractivity contribution < 1.29 is 14.3 Å². The van der Waals surface area contributed by atoms with Crippen LogP contribution in [0, 0.1) is 11.2 Å². The number of hydrogen-bond acceptors (Lipinski definition) is 2. The monoisotopic (exact) mass is 265 g/mol. The standard InChI is InChI=1S/C15H20FNO2/c1-11(12-4-2-3-5-13(12)16)8-14(19)17-9-15(10-18)6-7-15/h2-5,11,18H,6-10H2,1H3,(H,17,19). The molecule has 1 fully saturated rings. The highest BCUT2D eigenvalue weighted by Crippen LogP contribution is 2.44. The lowest BCUT2D eigenvalue weighted by Crippen LogP contribution is -2.32. The number of benzene rings is 1. The van der Waals surface area contributed by atoms with Gasteiger partial charge in [-0.15, -0.1) is 0 Å². The second kappa shape index (κ2) is 5.70. The first-order valence-electron chi connectivity index (χ1n) is 6.68. The molecule has 1 aromatic carbocycles. The summed E-state index contributed by atoms with van der Waals surface area (Å²) in [6.45, 7) is 2.49. The van der Waals surface area contributed by atoms with Crippen LogP contribution in [0.2, 0.25) is 0 Å². The summed E-state index contributed by atoms with van der Waals surface area (Å²) in [7, 11) is 0. The van der Waals surface area contributed by atoms with Crippen molar-refractivity contribution in [3.8, 4) is 0 Å². The molecule has 0 aliphatic heterocycles. The number of hydrogen-bond donors (Lipinski definition) is 2. The van der Waals surface area contributed by atoms with Gasteiger partial charge in [-0.25, -0.2) is 4.39 Å². The van der Waals surface area contributed by atoms with Gasteiger partial charge in [0.25, 0.3) is 0 Å². The molecule has 0 spiro atoms. The molecule has 19 heavy (non-hydrogen) atoms. The van der Waals surface area contributed by atoms with Crippen LogP contribution in [0.1, 0.15) is 37.7 Å². The highest BCUT2D eigenvalue weighted by atomic mass is 19.1.